The van der Waals surface area contributed by atoms with E-state index in [1.807, 2.05) is 71.5 Å². The fourth-order valence-corrected chi connectivity index (χ4v) is 6.00. The van der Waals surface area contributed by atoms with Crippen molar-refractivity contribution >= 4 is 55.5 Å². The van der Waals surface area contributed by atoms with Crippen molar-refractivity contribution in [1.82, 2.24) is 39.9 Å². The van der Waals surface area contributed by atoms with Gasteiger partial charge in [-0.25, -0.2) is 4.68 Å². The molecule has 43 heavy (non-hydrogen) atoms. The van der Waals surface area contributed by atoms with Crippen molar-refractivity contribution in [1.29, 1.82) is 0 Å². The van der Waals surface area contributed by atoms with Gasteiger partial charge in [0, 0.05) is 41.3 Å². The monoisotopic (exact) mass is 564 g/mol. The van der Waals surface area contributed by atoms with Crippen molar-refractivity contribution in [2.45, 2.75) is 19.5 Å². The molecule has 0 unspecified atom stereocenters. The van der Waals surface area contributed by atoms with Crippen LogP contribution in [0.3, 0.4) is 0 Å². The Morgan fingerprint density at radius 3 is 2.30 bits per heavy atom. The van der Waals surface area contributed by atoms with Gasteiger partial charge < -0.3 is 4.57 Å². The average Bonchev–Trinajstić information content (AvgIpc) is 3.82. The van der Waals surface area contributed by atoms with E-state index in [9.17, 15) is 9.59 Å². The van der Waals surface area contributed by atoms with Gasteiger partial charge in [-0.3, -0.25) is 19.6 Å². The predicted molar refractivity (Wildman–Crippen MR) is 163 cm³/mol. The Balaban J connectivity index is 1.29. The largest absolute Gasteiger partial charge is 0.316 e. The first-order chi connectivity index (χ1) is 21.2. The van der Waals surface area contributed by atoms with Crippen molar-refractivity contribution in [3.63, 3.8) is 0 Å². The zero-order valence-corrected chi connectivity index (χ0v) is 22.9. The van der Waals surface area contributed by atoms with E-state index in [1.165, 1.54) is 0 Å². The summed E-state index contributed by atoms with van der Waals surface area (Å²) in [6, 6.07) is 30.2. The van der Waals surface area contributed by atoms with Crippen LogP contribution in [0.4, 0.5) is 0 Å². The number of nitrogens with one attached hydrogen (secondary N) is 1. The van der Waals surface area contributed by atoms with Crippen LogP contribution in [-0.4, -0.2) is 46.4 Å². The number of fused-ring (bicyclic) bond motifs is 3. The van der Waals surface area contributed by atoms with Crippen LogP contribution in [0.1, 0.15) is 17.7 Å². The van der Waals surface area contributed by atoms with E-state index in [0.29, 0.717) is 29.9 Å². The van der Waals surface area contributed by atoms with Crippen LogP contribution in [0.2, 0.25) is 0 Å². The molecule has 0 saturated heterocycles. The fourth-order valence-electron chi connectivity index (χ4n) is 6.00. The molecule has 4 aromatic carbocycles. The van der Waals surface area contributed by atoms with Crippen LogP contribution in [0.5, 0.6) is 0 Å². The lowest BCUT2D eigenvalue weighted by atomic mass is 9.97. The fraction of sp³-hybridized carbons (Fsp3) is 0.0909. The molecule has 4 heterocycles. The highest BCUT2D eigenvalue weighted by molar-refractivity contribution is 6.50. The minimum Gasteiger partial charge on any atom is -0.316 e. The number of hydrogen-bond donors (Lipinski definition) is 1. The molecule has 0 aliphatic carbocycles. The van der Waals surface area contributed by atoms with Crippen LogP contribution in [0.25, 0.3) is 49.4 Å². The normalized spacial score (nSPS) is 13.6. The topological polar surface area (TPSA) is 113 Å². The lowest BCUT2D eigenvalue weighted by Gasteiger charge is -2.07. The lowest BCUT2D eigenvalue weighted by molar-refractivity contribution is -0.122. The summed E-state index contributed by atoms with van der Waals surface area (Å²) in [7, 11) is 0. The highest BCUT2D eigenvalue weighted by Crippen LogP contribution is 2.39. The predicted octanol–water partition coefficient (Wildman–Crippen LogP) is 4.78. The zero-order valence-electron chi connectivity index (χ0n) is 22.9. The Kier molecular flexibility index (Phi) is 5.71. The van der Waals surface area contributed by atoms with Crippen molar-refractivity contribution in [3.05, 3.63) is 115 Å². The van der Waals surface area contributed by atoms with Gasteiger partial charge in [0.25, 0.3) is 11.8 Å². The number of nitrogens with zero attached hydrogens (tertiary/aromatic N) is 7. The standard InChI is InChI=1S/C33H24N8O2/c42-32-29(26-19-40(27-12-5-3-10-24(26)27)23-15-14-21-8-1-2-9-22(21)18-23)30(33(43)35-32)31-25-11-4-6-13-28(25)41(36-31)17-7-16-39-20-34-37-38-39/h1-6,8-15,18-20H,7,16-17H2,(H,35,42,43). The molecule has 0 spiro atoms. The minimum atomic E-state index is -0.452. The van der Waals surface area contributed by atoms with Crippen molar-refractivity contribution < 1.29 is 9.59 Å². The lowest BCUT2D eigenvalue weighted by Crippen LogP contribution is -2.22. The van der Waals surface area contributed by atoms with E-state index < -0.39 is 11.8 Å². The second-order valence-electron chi connectivity index (χ2n) is 10.5. The summed E-state index contributed by atoms with van der Waals surface area (Å²) in [6.45, 7) is 1.21. The van der Waals surface area contributed by atoms with Crippen molar-refractivity contribution in [2.24, 2.45) is 0 Å². The zero-order chi connectivity index (χ0) is 28.9. The molecule has 0 radical (unpaired) electrons. The molecule has 1 aliphatic rings. The maximum atomic E-state index is 13.5. The van der Waals surface area contributed by atoms with E-state index >= 15 is 0 Å². The second kappa shape index (κ2) is 9.88. The van der Waals surface area contributed by atoms with Crippen molar-refractivity contribution in [2.75, 3.05) is 0 Å². The maximum absolute atomic E-state index is 13.5. The molecule has 208 valence electrons. The molecular formula is C33H24N8O2. The van der Waals surface area contributed by atoms with Gasteiger partial charge in [0.05, 0.1) is 22.2 Å². The van der Waals surface area contributed by atoms with Gasteiger partial charge in [-0.2, -0.15) is 5.10 Å². The summed E-state index contributed by atoms with van der Waals surface area (Å²) in [5.74, 6) is -0.884. The molecule has 0 fully saturated rings. The quantitative estimate of drug-likeness (QED) is 0.279. The Morgan fingerprint density at radius 2 is 1.47 bits per heavy atom. The molecule has 3 aromatic heterocycles. The summed E-state index contributed by atoms with van der Waals surface area (Å²) < 4.78 is 5.63. The van der Waals surface area contributed by atoms with Crippen LogP contribution < -0.4 is 5.32 Å². The van der Waals surface area contributed by atoms with E-state index in [1.54, 1.807) is 11.0 Å². The number of tetrazole rings is 1. The van der Waals surface area contributed by atoms with Crippen LogP contribution >= 0.6 is 0 Å². The van der Waals surface area contributed by atoms with Gasteiger partial charge in [0.15, 0.2) is 0 Å². The molecule has 1 aliphatic heterocycles. The molecule has 1 N–H and O–H groups in total. The Hall–Kier alpha value is -5.90. The minimum absolute atomic E-state index is 0.279. The van der Waals surface area contributed by atoms with Crippen LogP contribution in [-0.2, 0) is 22.7 Å². The van der Waals surface area contributed by atoms with Gasteiger partial charge in [0.2, 0.25) is 0 Å². The molecular weight excluding hydrogens is 540 g/mol. The number of hydrogen-bond acceptors (Lipinski definition) is 6. The summed E-state index contributed by atoms with van der Waals surface area (Å²) in [4.78, 5) is 27.0. The summed E-state index contributed by atoms with van der Waals surface area (Å²) in [5.41, 5.74) is 4.55. The number of rotatable bonds is 7. The number of imide groups is 1. The number of para-hydroxylation sites is 2. The number of amides is 2. The molecule has 10 heteroatoms. The number of carbonyl (C=O) groups excluding carboxylic acids is 2. The van der Waals surface area contributed by atoms with Gasteiger partial charge in [0.1, 0.15) is 12.0 Å². The van der Waals surface area contributed by atoms with Gasteiger partial charge in [-0.05, 0) is 51.9 Å². The summed E-state index contributed by atoms with van der Waals surface area (Å²) in [5, 5.41) is 22.7. The Labute approximate surface area is 244 Å². The molecule has 0 saturated carbocycles. The van der Waals surface area contributed by atoms with Gasteiger partial charge >= 0.3 is 0 Å². The second-order valence-corrected chi connectivity index (χ2v) is 10.5. The van der Waals surface area contributed by atoms with Crippen molar-refractivity contribution in [3.8, 4) is 5.69 Å². The van der Waals surface area contributed by atoms with E-state index in [-0.39, 0.29) is 5.57 Å². The molecule has 2 amide bonds. The van der Waals surface area contributed by atoms with Crippen LogP contribution in [0, 0.1) is 0 Å². The number of carbonyl (C=O) groups is 2. The maximum Gasteiger partial charge on any atom is 0.261 e. The van der Waals surface area contributed by atoms with Crippen LogP contribution in [0.15, 0.2) is 104 Å². The number of benzene rings is 4. The van der Waals surface area contributed by atoms with Gasteiger partial charge in [-0.15, -0.1) is 5.10 Å². The van der Waals surface area contributed by atoms with Gasteiger partial charge in [-0.1, -0.05) is 66.7 Å². The third-order valence-corrected chi connectivity index (χ3v) is 7.97. The summed E-state index contributed by atoms with van der Waals surface area (Å²) >= 11 is 0. The summed E-state index contributed by atoms with van der Waals surface area (Å²) in [6.07, 6.45) is 4.26. The third-order valence-electron chi connectivity index (χ3n) is 7.97. The highest BCUT2D eigenvalue weighted by atomic mass is 16.2. The van der Waals surface area contributed by atoms with E-state index in [2.05, 4.69) is 55.7 Å². The highest BCUT2D eigenvalue weighted by Gasteiger charge is 2.36. The smallest absolute Gasteiger partial charge is 0.261 e. The molecule has 7 aromatic rings. The molecule has 0 atom stereocenters. The Morgan fingerprint density at radius 1 is 0.721 bits per heavy atom. The third kappa shape index (κ3) is 4.11. The Bertz CT molecular complexity index is 2240. The van der Waals surface area contributed by atoms with E-state index in [4.69, 9.17) is 5.10 Å². The first kappa shape index (κ1) is 24.9. The molecule has 0 bridgehead atoms. The molecule has 8 rings (SSSR count). The SMILES string of the molecule is O=C1NC(=O)C(c2nn(CCCn3cnnn3)c3ccccc23)=C1c1cn(-c2ccc3ccccc3c2)c2ccccc12. The molecule has 10 nitrogen and oxygen atoms in total. The van der Waals surface area contributed by atoms with E-state index in [0.717, 1.165) is 44.7 Å². The average molecular weight is 565 g/mol. The first-order valence-electron chi connectivity index (χ1n) is 14.0. The number of aryl methyl sites for hydroxylation is 2. The number of aromatic nitrogens is 7. The first-order valence-corrected chi connectivity index (χ1v) is 14.0.